The first-order valence-electron chi connectivity index (χ1n) is 7.91. The van der Waals surface area contributed by atoms with Crippen LogP contribution in [0.4, 0.5) is 0 Å². The average molecular weight is 318 g/mol. The molecule has 2 aliphatic rings. The summed E-state index contributed by atoms with van der Waals surface area (Å²) in [4.78, 5) is 10.9. The third kappa shape index (κ3) is 3.39. The van der Waals surface area contributed by atoms with Crippen molar-refractivity contribution in [3.8, 4) is 0 Å². The molecule has 1 N–H and O–H groups in total. The predicted molar refractivity (Wildman–Crippen MR) is 81.6 cm³/mol. The Morgan fingerprint density at radius 3 is 2.38 bits per heavy atom. The number of sulfone groups is 1. The van der Waals surface area contributed by atoms with E-state index < -0.39 is 26.4 Å². The quantitative estimate of drug-likeness (QED) is 0.630. The number of nitrogens with one attached hydrogen (secondary N) is 1. The molecule has 21 heavy (non-hydrogen) atoms. The van der Waals surface area contributed by atoms with Gasteiger partial charge < -0.3 is 5.32 Å². The molecular formula is C14H26N2O4S. The smallest absolute Gasteiger partial charge is 0.229 e. The molecule has 5 unspecified atom stereocenters. The number of hydrogen-bond donors (Lipinski definition) is 1. The SMILES string of the molecule is CNC1CCC(C)CC1S(=O)(=O)C1CCCCC1[N+](=O)[O-]. The molecule has 122 valence electrons. The van der Waals surface area contributed by atoms with Gasteiger partial charge in [-0.3, -0.25) is 10.1 Å². The van der Waals surface area contributed by atoms with Gasteiger partial charge in [-0.2, -0.15) is 0 Å². The van der Waals surface area contributed by atoms with Crippen LogP contribution in [0, 0.1) is 16.0 Å². The fourth-order valence-electron chi connectivity index (χ4n) is 3.95. The van der Waals surface area contributed by atoms with Gasteiger partial charge in [-0.05, 0) is 45.1 Å². The fourth-order valence-corrected chi connectivity index (χ4v) is 6.89. The Morgan fingerprint density at radius 1 is 1.10 bits per heavy atom. The Labute approximate surface area is 126 Å². The molecule has 0 saturated heterocycles. The molecule has 7 heteroatoms. The highest BCUT2D eigenvalue weighted by atomic mass is 32.2. The first-order valence-corrected chi connectivity index (χ1v) is 9.52. The Bertz CT molecular complexity index is 479. The largest absolute Gasteiger partial charge is 0.316 e. The summed E-state index contributed by atoms with van der Waals surface area (Å²) in [6.45, 7) is 2.07. The number of nitro groups is 1. The van der Waals surface area contributed by atoms with E-state index in [1.165, 1.54) is 0 Å². The van der Waals surface area contributed by atoms with Crippen molar-refractivity contribution >= 4 is 9.84 Å². The van der Waals surface area contributed by atoms with Gasteiger partial charge in [0.15, 0.2) is 9.84 Å². The Balaban J connectivity index is 2.27. The number of hydrogen-bond acceptors (Lipinski definition) is 5. The van der Waals surface area contributed by atoms with Crippen molar-refractivity contribution in [2.24, 2.45) is 5.92 Å². The summed E-state index contributed by atoms with van der Waals surface area (Å²) in [6.07, 6.45) is 4.83. The van der Waals surface area contributed by atoms with Crippen LogP contribution in [-0.4, -0.2) is 43.0 Å². The molecule has 0 aliphatic heterocycles. The minimum Gasteiger partial charge on any atom is -0.316 e. The van der Waals surface area contributed by atoms with E-state index in [4.69, 9.17) is 0 Å². The Morgan fingerprint density at radius 2 is 1.76 bits per heavy atom. The van der Waals surface area contributed by atoms with Crippen molar-refractivity contribution in [2.45, 2.75) is 74.5 Å². The van der Waals surface area contributed by atoms with Crippen molar-refractivity contribution in [3.05, 3.63) is 10.1 Å². The van der Waals surface area contributed by atoms with Crippen LogP contribution >= 0.6 is 0 Å². The maximum Gasteiger partial charge on any atom is 0.229 e. The molecule has 0 bridgehead atoms. The second kappa shape index (κ2) is 6.60. The highest BCUT2D eigenvalue weighted by Gasteiger charge is 2.49. The summed E-state index contributed by atoms with van der Waals surface area (Å²) < 4.78 is 26.1. The summed E-state index contributed by atoms with van der Waals surface area (Å²) in [5.41, 5.74) is 0. The molecule has 0 heterocycles. The monoisotopic (exact) mass is 318 g/mol. The molecule has 0 amide bonds. The first kappa shape index (κ1) is 16.7. The lowest BCUT2D eigenvalue weighted by atomic mass is 9.87. The van der Waals surface area contributed by atoms with Crippen molar-refractivity contribution in [1.29, 1.82) is 0 Å². The van der Waals surface area contributed by atoms with Crippen LogP contribution in [0.15, 0.2) is 0 Å². The van der Waals surface area contributed by atoms with Crippen LogP contribution in [0.2, 0.25) is 0 Å². The van der Waals surface area contributed by atoms with Crippen molar-refractivity contribution in [3.63, 3.8) is 0 Å². The highest BCUT2D eigenvalue weighted by Crippen LogP contribution is 2.35. The lowest BCUT2D eigenvalue weighted by Gasteiger charge is -2.37. The van der Waals surface area contributed by atoms with Crippen LogP contribution < -0.4 is 5.32 Å². The molecule has 2 rings (SSSR count). The van der Waals surface area contributed by atoms with Crippen LogP contribution in [-0.2, 0) is 9.84 Å². The third-order valence-electron chi connectivity index (χ3n) is 5.21. The fraction of sp³-hybridized carbons (Fsp3) is 1.00. The topological polar surface area (TPSA) is 89.3 Å². The molecule has 0 aromatic heterocycles. The van der Waals surface area contributed by atoms with Crippen molar-refractivity contribution < 1.29 is 13.3 Å². The van der Waals surface area contributed by atoms with E-state index in [0.29, 0.717) is 25.2 Å². The van der Waals surface area contributed by atoms with Gasteiger partial charge in [-0.1, -0.05) is 13.3 Å². The molecule has 0 spiro atoms. The van der Waals surface area contributed by atoms with Crippen molar-refractivity contribution in [2.75, 3.05) is 7.05 Å². The van der Waals surface area contributed by atoms with Gasteiger partial charge in [0.25, 0.3) is 0 Å². The van der Waals surface area contributed by atoms with Gasteiger partial charge in [0.2, 0.25) is 6.04 Å². The predicted octanol–water partition coefficient (Wildman–Crippen LogP) is 1.77. The Hall–Kier alpha value is -0.690. The lowest BCUT2D eigenvalue weighted by molar-refractivity contribution is -0.524. The summed E-state index contributed by atoms with van der Waals surface area (Å²) in [5, 5.41) is 13.1. The minimum absolute atomic E-state index is 0.0690. The maximum atomic E-state index is 13.0. The molecule has 6 nitrogen and oxygen atoms in total. The molecule has 0 aromatic carbocycles. The normalized spacial score (nSPS) is 38.1. The Kier molecular flexibility index (Phi) is 5.24. The number of nitrogens with zero attached hydrogens (tertiary/aromatic N) is 1. The zero-order valence-corrected chi connectivity index (χ0v) is 13.6. The molecule has 2 fully saturated rings. The van der Waals surface area contributed by atoms with E-state index in [-0.39, 0.29) is 11.0 Å². The van der Waals surface area contributed by atoms with E-state index >= 15 is 0 Å². The van der Waals surface area contributed by atoms with E-state index in [2.05, 4.69) is 12.2 Å². The van der Waals surface area contributed by atoms with Crippen molar-refractivity contribution in [1.82, 2.24) is 5.32 Å². The van der Waals surface area contributed by atoms with E-state index in [0.717, 1.165) is 25.7 Å². The third-order valence-corrected chi connectivity index (χ3v) is 7.97. The summed E-state index contributed by atoms with van der Waals surface area (Å²) in [6, 6.07) is -0.987. The summed E-state index contributed by atoms with van der Waals surface area (Å²) in [7, 11) is -1.69. The van der Waals surface area contributed by atoms with E-state index in [1.807, 2.05) is 0 Å². The van der Waals surface area contributed by atoms with Gasteiger partial charge in [-0.15, -0.1) is 0 Å². The summed E-state index contributed by atoms with van der Waals surface area (Å²) in [5.74, 6) is 0.368. The second-order valence-electron chi connectivity index (χ2n) is 6.62. The molecular weight excluding hydrogens is 292 g/mol. The first-order chi connectivity index (χ1) is 9.87. The van der Waals surface area contributed by atoms with E-state index in [9.17, 15) is 18.5 Å². The second-order valence-corrected chi connectivity index (χ2v) is 9.01. The average Bonchev–Trinajstić information content (AvgIpc) is 2.47. The van der Waals surface area contributed by atoms with Gasteiger partial charge in [0.1, 0.15) is 5.25 Å². The molecule has 5 atom stereocenters. The molecule has 0 radical (unpaired) electrons. The molecule has 2 aliphatic carbocycles. The van der Waals surface area contributed by atoms with Crippen LogP contribution in [0.1, 0.15) is 51.9 Å². The zero-order valence-electron chi connectivity index (χ0n) is 12.8. The highest BCUT2D eigenvalue weighted by molar-refractivity contribution is 7.92. The zero-order chi connectivity index (χ0) is 15.6. The van der Waals surface area contributed by atoms with Crippen LogP contribution in [0.5, 0.6) is 0 Å². The van der Waals surface area contributed by atoms with Crippen LogP contribution in [0.3, 0.4) is 0 Å². The van der Waals surface area contributed by atoms with Crippen LogP contribution in [0.25, 0.3) is 0 Å². The maximum absolute atomic E-state index is 13.0. The van der Waals surface area contributed by atoms with Gasteiger partial charge in [-0.25, -0.2) is 8.42 Å². The minimum atomic E-state index is -3.48. The summed E-state index contributed by atoms with van der Waals surface area (Å²) >= 11 is 0. The molecule has 0 aromatic rings. The standard InChI is InChI=1S/C14H26N2O4S/c1-10-7-8-11(15-2)14(9-10)21(19,20)13-6-4-3-5-12(13)16(17)18/h10-15H,3-9H2,1-2H3. The molecule has 2 saturated carbocycles. The lowest BCUT2D eigenvalue weighted by Crippen LogP contribution is -2.53. The van der Waals surface area contributed by atoms with Gasteiger partial charge in [0, 0.05) is 17.4 Å². The van der Waals surface area contributed by atoms with Gasteiger partial charge >= 0.3 is 0 Å². The number of rotatable bonds is 4. The van der Waals surface area contributed by atoms with E-state index in [1.54, 1.807) is 7.05 Å². The van der Waals surface area contributed by atoms with Gasteiger partial charge in [0.05, 0.1) is 5.25 Å².